The fourth-order valence-electron chi connectivity index (χ4n) is 1.07. The highest BCUT2D eigenvalue weighted by Gasteiger charge is 2.27. The van der Waals surface area contributed by atoms with Gasteiger partial charge in [0.05, 0.1) is 0 Å². The zero-order valence-corrected chi connectivity index (χ0v) is 7.49. The zero-order valence-electron chi connectivity index (χ0n) is 6.74. The van der Waals surface area contributed by atoms with E-state index < -0.39 is 5.97 Å². The van der Waals surface area contributed by atoms with E-state index in [0.717, 1.165) is 12.8 Å². The molecular weight excluding hydrogens is 192 g/mol. The topological polar surface area (TPSA) is 52.1 Å². The van der Waals surface area contributed by atoms with Crippen LogP contribution in [0.2, 0.25) is 0 Å². The Morgan fingerprint density at radius 2 is 2.38 bits per heavy atom. The first-order valence-corrected chi connectivity index (χ1v) is 4.28. The lowest BCUT2D eigenvalue weighted by Gasteiger charge is -1.98. The van der Waals surface area contributed by atoms with Crippen LogP contribution in [0.1, 0.15) is 35.1 Å². The van der Waals surface area contributed by atoms with E-state index in [-0.39, 0.29) is 5.69 Å². The maximum atomic E-state index is 11.0. The Hall–Kier alpha value is -1.16. The molecular formula is C8H7ClN2O2. The summed E-state index contributed by atoms with van der Waals surface area (Å²) in [5.41, 5.74) is 0.215. The van der Waals surface area contributed by atoms with Gasteiger partial charge in [0, 0.05) is 12.1 Å². The van der Waals surface area contributed by atoms with Gasteiger partial charge < -0.3 is 4.29 Å². The Morgan fingerprint density at radius 1 is 1.62 bits per heavy atom. The molecule has 2 rings (SSSR count). The minimum absolute atomic E-state index is 0.215. The number of carbonyl (C=O) groups excluding carboxylic acids is 1. The summed E-state index contributed by atoms with van der Waals surface area (Å²) in [5, 5.41) is 0. The molecule has 5 heteroatoms. The summed E-state index contributed by atoms with van der Waals surface area (Å²) in [7, 11) is 0. The van der Waals surface area contributed by atoms with Gasteiger partial charge in [-0.1, -0.05) is 0 Å². The lowest BCUT2D eigenvalue weighted by molar-refractivity contribution is 0.0744. The van der Waals surface area contributed by atoms with Gasteiger partial charge in [-0.05, 0) is 18.9 Å². The van der Waals surface area contributed by atoms with Crippen LogP contribution in [-0.4, -0.2) is 15.9 Å². The van der Waals surface area contributed by atoms with Gasteiger partial charge in [-0.3, -0.25) is 0 Å². The summed E-state index contributed by atoms with van der Waals surface area (Å²) < 4.78 is 4.03. The smallest absolute Gasteiger partial charge is 0.342 e. The predicted octanol–water partition coefficient (Wildman–Crippen LogP) is 1.66. The Kier molecular flexibility index (Phi) is 2.14. The molecule has 0 aromatic carbocycles. The average molecular weight is 199 g/mol. The van der Waals surface area contributed by atoms with E-state index in [1.54, 1.807) is 6.20 Å². The molecule has 0 saturated heterocycles. The molecule has 1 saturated carbocycles. The van der Waals surface area contributed by atoms with E-state index in [1.807, 2.05) is 0 Å². The number of rotatable bonds is 2. The highest BCUT2D eigenvalue weighted by molar-refractivity contribution is 6.15. The quantitative estimate of drug-likeness (QED) is 0.725. The summed E-state index contributed by atoms with van der Waals surface area (Å²) in [6.07, 6.45) is 3.74. The minimum atomic E-state index is -0.633. The highest BCUT2D eigenvalue weighted by Crippen LogP contribution is 2.37. The fourth-order valence-corrected chi connectivity index (χ4v) is 1.14. The fraction of sp³-hybridized carbons (Fsp3) is 0.375. The van der Waals surface area contributed by atoms with Gasteiger partial charge in [0.1, 0.15) is 17.7 Å². The molecule has 1 aromatic heterocycles. The van der Waals surface area contributed by atoms with Crippen molar-refractivity contribution in [2.45, 2.75) is 18.8 Å². The number of carbonyl (C=O) groups is 1. The molecule has 0 amide bonds. The predicted molar refractivity (Wildman–Crippen MR) is 45.3 cm³/mol. The molecule has 0 atom stereocenters. The van der Waals surface area contributed by atoms with E-state index in [1.165, 1.54) is 6.07 Å². The van der Waals surface area contributed by atoms with Gasteiger partial charge in [-0.25, -0.2) is 14.8 Å². The third-order valence-corrected chi connectivity index (χ3v) is 2.04. The first-order valence-electron chi connectivity index (χ1n) is 3.97. The average Bonchev–Trinajstić information content (AvgIpc) is 3.00. The van der Waals surface area contributed by atoms with Crippen molar-refractivity contribution in [1.29, 1.82) is 0 Å². The SMILES string of the molecule is O=C(OCl)c1ccnc(C2CC2)n1. The number of halogens is 1. The minimum Gasteiger partial charge on any atom is -0.342 e. The zero-order chi connectivity index (χ0) is 9.26. The normalized spacial score (nSPS) is 15.5. The van der Waals surface area contributed by atoms with Crippen LogP contribution in [-0.2, 0) is 4.29 Å². The molecule has 1 aliphatic rings. The maximum Gasteiger partial charge on any atom is 0.375 e. The summed E-state index contributed by atoms with van der Waals surface area (Å²) in [5.74, 6) is 0.494. The second kappa shape index (κ2) is 3.30. The third kappa shape index (κ3) is 1.78. The molecule has 68 valence electrons. The van der Waals surface area contributed by atoms with E-state index in [4.69, 9.17) is 11.9 Å². The van der Waals surface area contributed by atoms with Crippen molar-refractivity contribution in [3.8, 4) is 0 Å². The Morgan fingerprint density at radius 3 is 3.00 bits per heavy atom. The number of aromatic nitrogens is 2. The van der Waals surface area contributed by atoms with Crippen molar-refractivity contribution in [2.24, 2.45) is 0 Å². The van der Waals surface area contributed by atoms with E-state index in [9.17, 15) is 4.79 Å². The van der Waals surface area contributed by atoms with Crippen molar-refractivity contribution in [1.82, 2.24) is 9.97 Å². The second-order valence-corrected chi connectivity index (χ2v) is 3.09. The van der Waals surface area contributed by atoms with Crippen molar-refractivity contribution in [3.05, 3.63) is 23.8 Å². The molecule has 0 spiro atoms. The van der Waals surface area contributed by atoms with Gasteiger partial charge in [-0.15, -0.1) is 0 Å². The van der Waals surface area contributed by atoms with E-state index >= 15 is 0 Å². The van der Waals surface area contributed by atoms with Crippen LogP contribution in [0.15, 0.2) is 12.3 Å². The van der Waals surface area contributed by atoms with Crippen molar-refractivity contribution in [3.63, 3.8) is 0 Å². The molecule has 0 bridgehead atoms. The highest BCUT2D eigenvalue weighted by atomic mass is 35.5. The van der Waals surface area contributed by atoms with Crippen LogP contribution in [0, 0.1) is 0 Å². The van der Waals surface area contributed by atoms with Crippen LogP contribution >= 0.6 is 11.9 Å². The van der Waals surface area contributed by atoms with Crippen LogP contribution in [0.5, 0.6) is 0 Å². The van der Waals surface area contributed by atoms with Gasteiger partial charge in [0.2, 0.25) is 0 Å². The molecule has 0 N–H and O–H groups in total. The number of hydrogen-bond acceptors (Lipinski definition) is 4. The first-order chi connectivity index (χ1) is 6.31. The Bertz CT molecular complexity index is 339. The summed E-state index contributed by atoms with van der Waals surface area (Å²) >= 11 is 4.92. The molecule has 1 fully saturated rings. The maximum absolute atomic E-state index is 11.0. The third-order valence-electron chi connectivity index (χ3n) is 1.90. The lowest BCUT2D eigenvalue weighted by atomic mass is 10.3. The molecule has 1 heterocycles. The van der Waals surface area contributed by atoms with Crippen molar-refractivity contribution >= 4 is 17.8 Å². The molecule has 1 aromatic rings. The second-order valence-electron chi connectivity index (χ2n) is 2.94. The van der Waals surface area contributed by atoms with E-state index in [2.05, 4.69) is 14.3 Å². The van der Waals surface area contributed by atoms with Crippen LogP contribution in [0.4, 0.5) is 0 Å². The standard InChI is InChI=1S/C8H7ClN2O2/c9-13-8(12)6-3-4-10-7(11-6)5-1-2-5/h3-5H,1-2H2. The monoisotopic (exact) mass is 198 g/mol. The number of hydrogen-bond donors (Lipinski definition) is 0. The van der Waals surface area contributed by atoms with Crippen LogP contribution in [0.25, 0.3) is 0 Å². The van der Waals surface area contributed by atoms with Crippen molar-refractivity contribution in [2.75, 3.05) is 0 Å². The van der Waals surface area contributed by atoms with Gasteiger partial charge in [-0.2, -0.15) is 0 Å². The van der Waals surface area contributed by atoms with Crippen molar-refractivity contribution < 1.29 is 9.08 Å². The van der Waals surface area contributed by atoms with Gasteiger partial charge in [0.15, 0.2) is 5.69 Å². The van der Waals surface area contributed by atoms with Gasteiger partial charge >= 0.3 is 5.97 Å². The van der Waals surface area contributed by atoms with Crippen LogP contribution in [0.3, 0.4) is 0 Å². The molecule has 4 nitrogen and oxygen atoms in total. The molecule has 1 aliphatic carbocycles. The summed E-state index contributed by atoms with van der Waals surface area (Å²) in [6.45, 7) is 0. The molecule has 0 aliphatic heterocycles. The Labute approximate surface area is 80.1 Å². The number of nitrogens with zero attached hydrogens (tertiary/aromatic N) is 2. The lowest BCUT2D eigenvalue weighted by Crippen LogP contribution is -2.04. The summed E-state index contributed by atoms with van der Waals surface area (Å²) in [6, 6.07) is 1.48. The van der Waals surface area contributed by atoms with E-state index in [0.29, 0.717) is 11.7 Å². The van der Waals surface area contributed by atoms with Gasteiger partial charge in [0.25, 0.3) is 0 Å². The van der Waals surface area contributed by atoms with Crippen LogP contribution < -0.4 is 0 Å². The Balaban J connectivity index is 2.26. The molecule has 0 radical (unpaired) electrons. The first kappa shape index (κ1) is 8.44. The molecule has 0 unspecified atom stereocenters. The molecule has 13 heavy (non-hydrogen) atoms. The largest absolute Gasteiger partial charge is 0.375 e. The summed E-state index contributed by atoms with van der Waals surface area (Å²) in [4.78, 5) is 19.1.